The average Bonchev–Trinajstić information content (AvgIpc) is 2.66. The van der Waals surface area contributed by atoms with Gasteiger partial charge >= 0.3 is 0 Å². The van der Waals surface area contributed by atoms with Gasteiger partial charge in [0.05, 0.1) is 11.7 Å². The zero-order valence-corrected chi connectivity index (χ0v) is 9.96. The number of aromatic nitrogens is 4. The van der Waals surface area contributed by atoms with Gasteiger partial charge in [-0.25, -0.2) is 15.4 Å². The Hall–Kier alpha value is -1.79. The Kier molecular flexibility index (Phi) is 3.46. The minimum absolute atomic E-state index is 0.106. The van der Waals surface area contributed by atoms with E-state index in [1.807, 2.05) is 24.7 Å². The highest BCUT2D eigenvalue weighted by molar-refractivity contribution is 5.12. The van der Waals surface area contributed by atoms with Gasteiger partial charge in [0.2, 0.25) is 0 Å². The van der Waals surface area contributed by atoms with Crippen molar-refractivity contribution in [2.24, 2.45) is 12.9 Å². The van der Waals surface area contributed by atoms with Crippen molar-refractivity contribution in [1.29, 1.82) is 0 Å². The van der Waals surface area contributed by atoms with E-state index in [4.69, 9.17) is 5.84 Å². The lowest BCUT2D eigenvalue weighted by molar-refractivity contribution is 0.505. The van der Waals surface area contributed by atoms with E-state index in [1.165, 1.54) is 0 Å². The molecule has 90 valence electrons. The Morgan fingerprint density at radius 2 is 2.12 bits per heavy atom. The Morgan fingerprint density at radius 3 is 2.65 bits per heavy atom. The molecule has 1 atom stereocenters. The molecule has 0 fully saturated rings. The quantitative estimate of drug-likeness (QED) is 0.584. The molecule has 2 aromatic rings. The first-order chi connectivity index (χ1) is 8.20. The van der Waals surface area contributed by atoms with Crippen LogP contribution in [-0.2, 0) is 13.5 Å². The normalized spacial score (nSPS) is 12.6. The maximum atomic E-state index is 5.55. The zero-order valence-electron chi connectivity index (χ0n) is 9.96. The average molecular weight is 232 g/mol. The van der Waals surface area contributed by atoms with E-state index in [1.54, 1.807) is 18.5 Å². The fourth-order valence-electron chi connectivity index (χ4n) is 1.78. The number of nitrogens with two attached hydrogens (primary N) is 1. The van der Waals surface area contributed by atoms with Gasteiger partial charge in [-0.15, -0.1) is 0 Å². The number of hydrogen-bond donors (Lipinski definition) is 2. The van der Waals surface area contributed by atoms with Crippen molar-refractivity contribution < 1.29 is 0 Å². The Bertz CT molecular complexity index is 478. The Labute approximate surface area is 99.9 Å². The van der Waals surface area contributed by atoms with Crippen molar-refractivity contribution in [2.45, 2.75) is 19.4 Å². The van der Waals surface area contributed by atoms with E-state index in [2.05, 4.69) is 20.5 Å². The van der Waals surface area contributed by atoms with Crippen molar-refractivity contribution in [2.75, 3.05) is 0 Å². The highest BCUT2D eigenvalue weighted by atomic mass is 15.3. The molecule has 0 aliphatic carbocycles. The van der Waals surface area contributed by atoms with Gasteiger partial charge in [-0.05, 0) is 19.1 Å². The van der Waals surface area contributed by atoms with Gasteiger partial charge in [-0.3, -0.25) is 10.5 Å². The third-order valence-electron chi connectivity index (χ3n) is 2.61. The number of rotatable bonds is 4. The molecule has 2 aromatic heterocycles. The monoisotopic (exact) mass is 232 g/mol. The van der Waals surface area contributed by atoms with Crippen LogP contribution in [0.2, 0.25) is 0 Å². The summed E-state index contributed by atoms with van der Waals surface area (Å²) in [5.41, 5.74) is 4.83. The summed E-state index contributed by atoms with van der Waals surface area (Å²) in [4.78, 5) is 8.40. The standard InChI is InChI=1S/C11H16N6/c1-8-6-9(17(2)16-8)7-10(15-12)11-13-4-3-5-14-11/h3-6,10,15H,7,12H2,1-2H3. The summed E-state index contributed by atoms with van der Waals surface area (Å²) in [6.07, 6.45) is 4.13. The van der Waals surface area contributed by atoms with Gasteiger partial charge in [-0.1, -0.05) is 0 Å². The molecular formula is C11H16N6. The molecule has 6 nitrogen and oxygen atoms in total. The van der Waals surface area contributed by atoms with E-state index in [-0.39, 0.29) is 6.04 Å². The minimum Gasteiger partial charge on any atom is -0.272 e. The maximum Gasteiger partial charge on any atom is 0.146 e. The second kappa shape index (κ2) is 5.03. The van der Waals surface area contributed by atoms with Crippen LogP contribution in [0.25, 0.3) is 0 Å². The molecule has 0 amide bonds. The van der Waals surface area contributed by atoms with E-state index in [0.29, 0.717) is 12.2 Å². The van der Waals surface area contributed by atoms with Gasteiger partial charge in [0, 0.05) is 31.6 Å². The number of nitrogens with one attached hydrogen (secondary N) is 1. The topological polar surface area (TPSA) is 81.6 Å². The molecule has 1 unspecified atom stereocenters. The zero-order chi connectivity index (χ0) is 12.3. The van der Waals surface area contributed by atoms with Crippen LogP contribution in [0, 0.1) is 6.92 Å². The SMILES string of the molecule is Cc1cc(CC(NN)c2ncccn2)n(C)n1. The second-order valence-electron chi connectivity index (χ2n) is 3.93. The van der Waals surface area contributed by atoms with Gasteiger partial charge in [0.15, 0.2) is 0 Å². The van der Waals surface area contributed by atoms with Gasteiger partial charge in [0.1, 0.15) is 5.82 Å². The molecule has 0 bridgehead atoms. The first-order valence-corrected chi connectivity index (χ1v) is 5.43. The van der Waals surface area contributed by atoms with Crippen molar-refractivity contribution in [1.82, 2.24) is 25.2 Å². The van der Waals surface area contributed by atoms with E-state index in [0.717, 1.165) is 11.4 Å². The molecule has 2 rings (SSSR count). The fourth-order valence-corrected chi connectivity index (χ4v) is 1.78. The lowest BCUT2D eigenvalue weighted by atomic mass is 10.1. The number of hydrogen-bond acceptors (Lipinski definition) is 5. The van der Waals surface area contributed by atoms with Gasteiger partial charge in [0.25, 0.3) is 0 Å². The van der Waals surface area contributed by atoms with Crippen molar-refractivity contribution in [3.05, 3.63) is 41.7 Å². The van der Waals surface area contributed by atoms with Crippen LogP contribution in [0.15, 0.2) is 24.5 Å². The number of nitrogens with zero attached hydrogens (tertiary/aromatic N) is 4. The molecule has 6 heteroatoms. The Balaban J connectivity index is 2.18. The summed E-state index contributed by atoms with van der Waals surface area (Å²) in [7, 11) is 1.92. The van der Waals surface area contributed by atoms with Crippen LogP contribution in [-0.4, -0.2) is 19.7 Å². The molecule has 0 aliphatic rings. The summed E-state index contributed by atoms with van der Waals surface area (Å²) in [6.45, 7) is 1.97. The fraction of sp³-hybridized carbons (Fsp3) is 0.364. The molecule has 0 radical (unpaired) electrons. The Morgan fingerprint density at radius 1 is 1.41 bits per heavy atom. The minimum atomic E-state index is -0.106. The van der Waals surface area contributed by atoms with Crippen LogP contribution in [0.1, 0.15) is 23.3 Å². The maximum absolute atomic E-state index is 5.55. The van der Waals surface area contributed by atoms with E-state index < -0.39 is 0 Å². The van der Waals surface area contributed by atoms with E-state index >= 15 is 0 Å². The molecule has 0 aromatic carbocycles. The summed E-state index contributed by atoms with van der Waals surface area (Å²) in [5.74, 6) is 6.24. The molecule has 3 N–H and O–H groups in total. The summed E-state index contributed by atoms with van der Waals surface area (Å²) in [6, 6.07) is 3.71. The largest absolute Gasteiger partial charge is 0.272 e. The first-order valence-electron chi connectivity index (χ1n) is 5.43. The smallest absolute Gasteiger partial charge is 0.146 e. The highest BCUT2D eigenvalue weighted by Crippen LogP contribution is 2.14. The van der Waals surface area contributed by atoms with Crippen molar-refractivity contribution in [3.8, 4) is 0 Å². The third-order valence-corrected chi connectivity index (χ3v) is 2.61. The predicted molar refractivity (Wildman–Crippen MR) is 63.7 cm³/mol. The molecule has 0 saturated heterocycles. The molecule has 2 heterocycles. The number of hydrazine groups is 1. The molecule has 17 heavy (non-hydrogen) atoms. The second-order valence-corrected chi connectivity index (χ2v) is 3.93. The molecular weight excluding hydrogens is 216 g/mol. The lowest BCUT2D eigenvalue weighted by Crippen LogP contribution is -2.31. The molecule has 0 saturated carbocycles. The molecule has 0 spiro atoms. The highest BCUT2D eigenvalue weighted by Gasteiger charge is 2.15. The predicted octanol–water partition coefficient (Wildman–Crippen LogP) is 0.266. The molecule has 0 aliphatic heterocycles. The summed E-state index contributed by atoms with van der Waals surface area (Å²) in [5, 5.41) is 4.30. The van der Waals surface area contributed by atoms with Gasteiger partial charge in [-0.2, -0.15) is 5.10 Å². The number of aryl methyl sites for hydroxylation is 2. The summed E-state index contributed by atoms with van der Waals surface area (Å²) >= 11 is 0. The van der Waals surface area contributed by atoms with Gasteiger partial charge < -0.3 is 0 Å². The van der Waals surface area contributed by atoms with Crippen molar-refractivity contribution >= 4 is 0 Å². The van der Waals surface area contributed by atoms with Crippen LogP contribution in [0.4, 0.5) is 0 Å². The summed E-state index contributed by atoms with van der Waals surface area (Å²) < 4.78 is 1.85. The van der Waals surface area contributed by atoms with Crippen LogP contribution in [0.5, 0.6) is 0 Å². The van der Waals surface area contributed by atoms with Crippen LogP contribution in [0.3, 0.4) is 0 Å². The van der Waals surface area contributed by atoms with Crippen LogP contribution < -0.4 is 11.3 Å². The van der Waals surface area contributed by atoms with E-state index in [9.17, 15) is 0 Å². The van der Waals surface area contributed by atoms with Crippen LogP contribution >= 0.6 is 0 Å². The van der Waals surface area contributed by atoms with Crippen molar-refractivity contribution in [3.63, 3.8) is 0 Å². The first kappa shape index (κ1) is 11.7. The lowest BCUT2D eigenvalue weighted by Gasteiger charge is -2.13. The third kappa shape index (κ3) is 2.66.